The number of carbonyl (C=O) groups excluding carboxylic acids is 1. The largest absolute Gasteiger partial charge is 0.375 e. The Bertz CT molecular complexity index is 611. The Kier molecular flexibility index (Phi) is 6.32. The number of likely N-dealkylation sites (N-methyl/N-ethyl adjacent to an activating group) is 1. The van der Waals surface area contributed by atoms with Gasteiger partial charge in [-0.15, -0.1) is 0 Å². The number of aryl methyl sites for hydroxylation is 1. The van der Waals surface area contributed by atoms with Gasteiger partial charge in [0.05, 0.1) is 12.6 Å². The topological polar surface area (TPSA) is 41.6 Å². The van der Waals surface area contributed by atoms with Crippen molar-refractivity contribution < 1.29 is 9.53 Å². The minimum absolute atomic E-state index is 0.0285. The summed E-state index contributed by atoms with van der Waals surface area (Å²) in [6.07, 6.45) is -0.0478. The van der Waals surface area contributed by atoms with Crippen molar-refractivity contribution in [3.63, 3.8) is 0 Å². The number of methoxy groups -OCH3 is 1. The SMILES string of the molecule is CO[C@H](CN(C)CC(=O)Nc1ccc(C)cc1)c1ccccc1. The highest BCUT2D eigenvalue weighted by Crippen LogP contribution is 2.17. The van der Waals surface area contributed by atoms with E-state index in [0.29, 0.717) is 13.1 Å². The van der Waals surface area contributed by atoms with E-state index in [2.05, 4.69) is 5.32 Å². The van der Waals surface area contributed by atoms with Crippen LogP contribution in [0, 0.1) is 6.92 Å². The first-order valence-electron chi connectivity index (χ1n) is 7.71. The van der Waals surface area contributed by atoms with E-state index in [4.69, 9.17) is 4.74 Å². The van der Waals surface area contributed by atoms with E-state index in [9.17, 15) is 4.79 Å². The third-order valence-corrected chi connectivity index (χ3v) is 3.68. The van der Waals surface area contributed by atoms with Gasteiger partial charge in [0.1, 0.15) is 0 Å². The maximum absolute atomic E-state index is 12.1. The van der Waals surface area contributed by atoms with E-state index in [1.807, 2.05) is 73.5 Å². The molecule has 122 valence electrons. The normalized spacial score (nSPS) is 12.2. The monoisotopic (exact) mass is 312 g/mol. The van der Waals surface area contributed by atoms with Gasteiger partial charge in [-0.3, -0.25) is 9.69 Å². The number of hydrogen-bond donors (Lipinski definition) is 1. The molecule has 4 heteroatoms. The number of amides is 1. The molecular weight excluding hydrogens is 288 g/mol. The van der Waals surface area contributed by atoms with Crippen molar-refractivity contribution in [2.24, 2.45) is 0 Å². The highest BCUT2D eigenvalue weighted by molar-refractivity contribution is 5.92. The van der Waals surface area contributed by atoms with Crippen LogP contribution in [0.5, 0.6) is 0 Å². The molecule has 0 aromatic heterocycles. The van der Waals surface area contributed by atoms with Gasteiger partial charge >= 0.3 is 0 Å². The molecule has 0 saturated carbocycles. The molecule has 0 unspecified atom stereocenters. The average molecular weight is 312 g/mol. The molecule has 2 aromatic rings. The molecule has 2 aromatic carbocycles. The number of benzene rings is 2. The summed E-state index contributed by atoms with van der Waals surface area (Å²) < 4.78 is 5.55. The maximum Gasteiger partial charge on any atom is 0.238 e. The molecule has 23 heavy (non-hydrogen) atoms. The minimum Gasteiger partial charge on any atom is -0.375 e. The summed E-state index contributed by atoms with van der Waals surface area (Å²) in [4.78, 5) is 14.1. The van der Waals surface area contributed by atoms with Gasteiger partial charge in [-0.2, -0.15) is 0 Å². The molecule has 0 radical (unpaired) electrons. The van der Waals surface area contributed by atoms with E-state index < -0.39 is 0 Å². The average Bonchev–Trinajstić information content (AvgIpc) is 2.55. The number of nitrogens with one attached hydrogen (secondary N) is 1. The fourth-order valence-electron chi connectivity index (χ4n) is 2.41. The Morgan fingerprint density at radius 2 is 1.78 bits per heavy atom. The van der Waals surface area contributed by atoms with Crippen molar-refractivity contribution in [1.29, 1.82) is 0 Å². The summed E-state index contributed by atoms with van der Waals surface area (Å²) in [6.45, 7) is 3.00. The Hall–Kier alpha value is -2.17. The fraction of sp³-hybridized carbons (Fsp3) is 0.316. The molecule has 0 aliphatic rings. The summed E-state index contributed by atoms with van der Waals surface area (Å²) in [7, 11) is 3.61. The zero-order chi connectivity index (χ0) is 16.7. The first kappa shape index (κ1) is 17.2. The third kappa shape index (κ3) is 5.51. The molecule has 1 amide bonds. The Labute approximate surface area is 138 Å². The first-order valence-corrected chi connectivity index (χ1v) is 7.71. The highest BCUT2D eigenvalue weighted by Gasteiger charge is 2.15. The fourth-order valence-corrected chi connectivity index (χ4v) is 2.41. The van der Waals surface area contributed by atoms with Gasteiger partial charge in [-0.1, -0.05) is 48.0 Å². The lowest BCUT2D eigenvalue weighted by molar-refractivity contribution is -0.117. The van der Waals surface area contributed by atoms with Crippen LogP contribution < -0.4 is 5.32 Å². The predicted octanol–water partition coefficient (Wildman–Crippen LogP) is 3.25. The van der Waals surface area contributed by atoms with Crippen molar-refractivity contribution in [2.45, 2.75) is 13.0 Å². The lowest BCUT2D eigenvalue weighted by atomic mass is 10.1. The molecule has 2 rings (SSSR count). The Morgan fingerprint density at radius 3 is 2.39 bits per heavy atom. The molecule has 1 atom stereocenters. The van der Waals surface area contributed by atoms with Crippen LogP contribution in [0.1, 0.15) is 17.2 Å². The molecule has 4 nitrogen and oxygen atoms in total. The molecule has 0 saturated heterocycles. The number of carbonyl (C=O) groups is 1. The molecule has 1 N–H and O–H groups in total. The molecule has 0 heterocycles. The van der Waals surface area contributed by atoms with Crippen molar-refractivity contribution in [2.75, 3.05) is 32.6 Å². The lowest BCUT2D eigenvalue weighted by Crippen LogP contribution is -2.33. The van der Waals surface area contributed by atoms with E-state index >= 15 is 0 Å². The number of nitrogens with zero attached hydrogens (tertiary/aromatic N) is 1. The predicted molar refractivity (Wildman–Crippen MR) is 93.5 cm³/mol. The molecular formula is C19H24N2O2. The number of anilines is 1. The van der Waals surface area contributed by atoms with E-state index in [0.717, 1.165) is 11.3 Å². The van der Waals surface area contributed by atoms with Gasteiger partial charge in [0.2, 0.25) is 5.91 Å². The van der Waals surface area contributed by atoms with Crippen molar-refractivity contribution >= 4 is 11.6 Å². The summed E-state index contributed by atoms with van der Waals surface area (Å²) in [5.74, 6) is -0.0285. The second kappa shape index (κ2) is 8.46. The maximum atomic E-state index is 12.1. The zero-order valence-electron chi connectivity index (χ0n) is 14.0. The quantitative estimate of drug-likeness (QED) is 0.853. The smallest absolute Gasteiger partial charge is 0.238 e. The lowest BCUT2D eigenvalue weighted by Gasteiger charge is -2.23. The number of ether oxygens (including phenoxy) is 1. The second-order valence-corrected chi connectivity index (χ2v) is 5.75. The van der Waals surface area contributed by atoms with Crippen LogP contribution in [0.25, 0.3) is 0 Å². The molecule has 0 bridgehead atoms. The van der Waals surface area contributed by atoms with Crippen LogP contribution in [0.3, 0.4) is 0 Å². The van der Waals surface area contributed by atoms with Gasteiger partial charge in [-0.25, -0.2) is 0 Å². The summed E-state index contributed by atoms with van der Waals surface area (Å²) >= 11 is 0. The Morgan fingerprint density at radius 1 is 1.13 bits per heavy atom. The second-order valence-electron chi connectivity index (χ2n) is 5.75. The molecule has 0 fully saturated rings. The number of hydrogen-bond acceptors (Lipinski definition) is 3. The summed E-state index contributed by atoms with van der Waals surface area (Å²) in [5.41, 5.74) is 3.10. The van der Waals surface area contributed by atoms with E-state index in [-0.39, 0.29) is 12.0 Å². The van der Waals surface area contributed by atoms with Gasteiger partial charge in [-0.05, 0) is 31.7 Å². The highest BCUT2D eigenvalue weighted by atomic mass is 16.5. The molecule has 0 aliphatic heterocycles. The van der Waals surface area contributed by atoms with Crippen molar-refractivity contribution in [1.82, 2.24) is 4.90 Å². The zero-order valence-corrected chi connectivity index (χ0v) is 14.0. The third-order valence-electron chi connectivity index (χ3n) is 3.68. The van der Waals surface area contributed by atoms with Gasteiger partial charge in [0.15, 0.2) is 0 Å². The van der Waals surface area contributed by atoms with Crippen LogP contribution in [0.2, 0.25) is 0 Å². The summed E-state index contributed by atoms with van der Waals surface area (Å²) in [6, 6.07) is 17.8. The molecule has 0 spiro atoms. The van der Waals surface area contributed by atoms with Gasteiger partial charge in [0.25, 0.3) is 0 Å². The van der Waals surface area contributed by atoms with Crippen LogP contribution in [-0.4, -0.2) is 38.1 Å². The van der Waals surface area contributed by atoms with Crippen LogP contribution >= 0.6 is 0 Å². The van der Waals surface area contributed by atoms with E-state index in [1.165, 1.54) is 5.56 Å². The van der Waals surface area contributed by atoms with E-state index in [1.54, 1.807) is 7.11 Å². The molecule has 0 aliphatic carbocycles. The summed E-state index contributed by atoms with van der Waals surface area (Å²) in [5, 5.41) is 2.91. The first-order chi connectivity index (χ1) is 11.1. The standard InChI is InChI=1S/C19H24N2O2/c1-15-9-11-17(12-10-15)20-19(22)14-21(2)13-18(23-3)16-7-5-4-6-8-16/h4-12,18H,13-14H2,1-3H3,(H,20,22)/t18-/m1/s1. The van der Waals surface area contributed by atoms with Crippen molar-refractivity contribution in [3.05, 3.63) is 65.7 Å². The van der Waals surface area contributed by atoms with Crippen LogP contribution in [0.15, 0.2) is 54.6 Å². The van der Waals surface area contributed by atoms with Gasteiger partial charge in [0, 0.05) is 19.3 Å². The number of rotatable bonds is 7. The minimum atomic E-state index is -0.0478. The van der Waals surface area contributed by atoms with Crippen LogP contribution in [0.4, 0.5) is 5.69 Å². The van der Waals surface area contributed by atoms with Gasteiger partial charge < -0.3 is 10.1 Å². The van der Waals surface area contributed by atoms with Crippen LogP contribution in [-0.2, 0) is 9.53 Å². The Balaban J connectivity index is 1.86. The van der Waals surface area contributed by atoms with Crippen molar-refractivity contribution in [3.8, 4) is 0 Å².